The van der Waals surface area contributed by atoms with Crippen molar-refractivity contribution in [3.05, 3.63) is 41.7 Å². The fraction of sp³-hybridized carbons (Fsp3) is 0.357. The molecule has 0 radical (unpaired) electrons. The molecule has 3 nitrogen and oxygen atoms in total. The first kappa shape index (κ1) is 12.8. The zero-order valence-corrected chi connectivity index (χ0v) is 10.3. The Kier molecular flexibility index (Phi) is 3.48. The Labute approximate surface area is 106 Å². The molecule has 1 aromatic rings. The molecule has 0 saturated carbocycles. The van der Waals surface area contributed by atoms with Crippen LogP contribution in [0.3, 0.4) is 0 Å². The Hall–Kier alpha value is -1.68. The molecule has 1 aromatic carbocycles. The van der Waals surface area contributed by atoms with Crippen molar-refractivity contribution < 1.29 is 14.3 Å². The first-order chi connectivity index (χ1) is 8.52. The second kappa shape index (κ2) is 4.90. The summed E-state index contributed by atoms with van der Waals surface area (Å²) in [7, 11) is 0. The van der Waals surface area contributed by atoms with Crippen molar-refractivity contribution in [1.29, 1.82) is 0 Å². The fourth-order valence-corrected chi connectivity index (χ4v) is 1.89. The highest BCUT2D eigenvalue weighted by Gasteiger charge is 2.41. The van der Waals surface area contributed by atoms with Crippen LogP contribution in [0.25, 0.3) is 6.08 Å². The number of nitrogens with zero attached hydrogens (tertiary/aromatic N) is 1. The van der Waals surface area contributed by atoms with E-state index in [0.29, 0.717) is 19.5 Å². The lowest BCUT2D eigenvalue weighted by Crippen LogP contribution is -2.62. The number of hydrogen-bond acceptors (Lipinski definition) is 2. The summed E-state index contributed by atoms with van der Waals surface area (Å²) in [5.74, 6) is -0.424. The van der Waals surface area contributed by atoms with E-state index in [0.717, 1.165) is 5.56 Å². The van der Waals surface area contributed by atoms with Crippen LogP contribution in [-0.2, 0) is 4.79 Å². The quantitative estimate of drug-likeness (QED) is 0.830. The molecule has 1 heterocycles. The normalized spacial score (nSPS) is 17.8. The average Bonchev–Trinajstić information content (AvgIpc) is 2.34. The molecule has 1 aliphatic rings. The third-order valence-corrected chi connectivity index (χ3v) is 3.23. The fourth-order valence-electron chi connectivity index (χ4n) is 1.89. The van der Waals surface area contributed by atoms with Gasteiger partial charge in [-0.25, -0.2) is 4.39 Å². The third-order valence-electron chi connectivity index (χ3n) is 3.23. The predicted octanol–water partition coefficient (Wildman–Crippen LogP) is 1.82. The number of amides is 1. The minimum absolute atomic E-state index is 0.127. The summed E-state index contributed by atoms with van der Waals surface area (Å²) in [5.41, 5.74) is 0.0651. The van der Waals surface area contributed by atoms with Gasteiger partial charge in [0, 0.05) is 6.08 Å². The smallest absolute Gasteiger partial charge is 0.246 e. The van der Waals surface area contributed by atoms with Gasteiger partial charge in [-0.2, -0.15) is 0 Å². The number of hydrogen-bond donors (Lipinski definition) is 1. The van der Waals surface area contributed by atoms with Gasteiger partial charge in [0.25, 0.3) is 0 Å². The molecule has 0 bridgehead atoms. The van der Waals surface area contributed by atoms with Crippen LogP contribution in [0.1, 0.15) is 18.9 Å². The van der Waals surface area contributed by atoms with Crippen LogP contribution >= 0.6 is 0 Å². The molecule has 1 amide bonds. The van der Waals surface area contributed by atoms with Gasteiger partial charge in [0.15, 0.2) is 0 Å². The van der Waals surface area contributed by atoms with E-state index < -0.39 is 5.60 Å². The van der Waals surface area contributed by atoms with Crippen molar-refractivity contribution in [3.63, 3.8) is 0 Å². The van der Waals surface area contributed by atoms with Crippen LogP contribution in [0.5, 0.6) is 0 Å². The van der Waals surface area contributed by atoms with Crippen molar-refractivity contribution in [1.82, 2.24) is 4.90 Å². The van der Waals surface area contributed by atoms with Gasteiger partial charge in [-0.3, -0.25) is 4.79 Å². The molecule has 0 spiro atoms. The predicted molar refractivity (Wildman–Crippen MR) is 67.3 cm³/mol. The van der Waals surface area contributed by atoms with Gasteiger partial charge in [0.2, 0.25) is 5.91 Å². The molecule has 96 valence electrons. The molecular formula is C14H16FNO2. The van der Waals surface area contributed by atoms with E-state index in [2.05, 4.69) is 0 Å². The highest BCUT2D eigenvalue weighted by molar-refractivity contribution is 5.92. The van der Waals surface area contributed by atoms with Gasteiger partial charge in [-0.15, -0.1) is 0 Å². The van der Waals surface area contributed by atoms with E-state index in [-0.39, 0.29) is 11.7 Å². The van der Waals surface area contributed by atoms with Gasteiger partial charge in [0.05, 0.1) is 18.7 Å². The summed E-state index contributed by atoms with van der Waals surface area (Å²) in [6.07, 6.45) is 3.74. The topological polar surface area (TPSA) is 40.5 Å². The zero-order valence-electron chi connectivity index (χ0n) is 10.3. The van der Waals surface area contributed by atoms with Gasteiger partial charge < -0.3 is 10.0 Å². The van der Waals surface area contributed by atoms with E-state index >= 15 is 0 Å². The third kappa shape index (κ3) is 2.76. The number of rotatable bonds is 3. The van der Waals surface area contributed by atoms with Crippen LogP contribution in [-0.4, -0.2) is 34.6 Å². The number of β-amino-alcohol motifs (C(OH)–C–C–N with tert-alkyl or cyclic N) is 1. The van der Waals surface area contributed by atoms with Crippen LogP contribution in [0.2, 0.25) is 0 Å². The molecule has 1 fully saturated rings. The molecule has 0 atom stereocenters. The molecule has 0 aliphatic carbocycles. The molecule has 1 aliphatic heterocycles. The Morgan fingerprint density at radius 2 is 2.06 bits per heavy atom. The number of benzene rings is 1. The molecule has 2 rings (SSSR count). The lowest BCUT2D eigenvalue weighted by molar-refractivity contribution is -0.150. The number of likely N-dealkylation sites (tertiary alicyclic amines) is 1. The zero-order chi connectivity index (χ0) is 13.2. The number of carbonyl (C=O) groups excluding carboxylic acids is 1. The van der Waals surface area contributed by atoms with Crippen LogP contribution in [0.15, 0.2) is 30.3 Å². The molecule has 0 unspecified atom stereocenters. The number of aliphatic hydroxyl groups is 1. The summed E-state index contributed by atoms with van der Waals surface area (Å²) in [6, 6.07) is 5.92. The first-order valence-corrected chi connectivity index (χ1v) is 5.97. The molecule has 1 saturated heterocycles. The maximum atomic E-state index is 12.7. The minimum atomic E-state index is -0.709. The number of halogens is 1. The van der Waals surface area contributed by atoms with Gasteiger partial charge in [-0.05, 0) is 30.2 Å². The van der Waals surface area contributed by atoms with Crippen molar-refractivity contribution in [3.8, 4) is 0 Å². The van der Waals surface area contributed by atoms with Gasteiger partial charge in [-0.1, -0.05) is 19.1 Å². The summed E-state index contributed by atoms with van der Waals surface area (Å²) >= 11 is 0. The standard InChI is InChI=1S/C14H16FNO2/c1-2-14(18)9-16(10-14)13(17)8-5-11-3-6-12(15)7-4-11/h3-8,18H,2,9-10H2,1H3. The first-order valence-electron chi connectivity index (χ1n) is 5.97. The highest BCUT2D eigenvalue weighted by Crippen LogP contribution is 2.24. The largest absolute Gasteiger partial charge is 0.386 e. The van der Waals surface area contributed by atoms with Crippen molar-refractivity contribution in [2.24, 2.45) is 0 Å². The SMILES string of the molecule is CCC1(O)CN(C(=O)C=Cc2ccc(F)cc2)C1. The molecule has 1 N–H and O–H groups in total. The molecule has 18 heavy (non-hydrogen) atoms. The van der Waals surface area contributed by atoms with Gasteiger partial charge in [0.1, 0.15) is 5.82 Å². The summed E-state index contributed by atoms with van der Waals surface area (Å²) < 4.78 is 12.7. The Balaban J connectivity index is 1.91. The molecule has 0 aromatic heterocycles. The van der Waals surface area contributed by atoms with E-state index in [1.807, 2.05) is 6.92 Å². The van der Waals surface area contributed by atoms with Crippen molar-refractivity contribution >= 4 is 12.0 Å². The summed E-state index contributed by atoms with van der Waals surface area (Å²) in [6.45, 7) is 2.67. The van der Waals surface area contributed by atoms with Crippen molar-refractivity contribution in [2.45, 2.75) is 18.9 Å². The second-order valence-corrected chi connectivity index (χ2v) is 4.66. The maximum absolute atomic E-state index is 12.7. The van der Waals surface area contributed by atoms with E-state index in [1.165, 1.54) is 18.2 Å². The van der Waals surface area contributed by atoms with Crippen LogP contribution in [0.4, 0.5) is 4.39 Å². The Morgan fingerprint density at radius 3 is 2.61 bits per heavy atom. The highest BCUT2D eigenvalue weighted by atomic mass is 19.1. The summed E-state index contributed by atoms with van der Waals surface area (Å²) in [4.78, 5) is 13.3. The van der Waals surface area contributed by atoms with Crippen LogP contribution in [0, 0.1) is 5.82 Å². The monoisotopic (exact) mass is 249 g/mol. The maximum Gasteiger partial charge on any atom is 0.246 e. The summed E-state index contributed by atoms with van der Waals surface area (Å²) in [5, 5.41) is 9.79. The average molecular weight is 249 g/mol. The molecule has 4 heteroatoms. The second-order valence-electron chi connectivity index (χ2n) is 4.66. The van der Waals surface area contributed by atoms with E-state index in [4.69, 9.17) is 0 Å². The Bertz CT molecular complexity index is 461. The lowest BCUT2D eigenvalue weighted by atomic mass is 9.91. The number of carbonyl (C=O) groups is 1. The Morgan fingerprint density at radius 1 is 1.44 bits per heavy atom. The van der Waals surface area contributed by atoms with Gasteiger partial charge >= 0.3 is 0 Å². The van der Waals surface area contributed by atoms with E-state index in [1.54, 1.807) is 23.1 Å². The lowest BCUT2D eigenvalue weighted by Gasteiger charge is -2.45. The minimum Gasteiger partial charge on any atom is -0.386 e. The van der Waals surface area contributed by atoms with Crippen LogP contribution < -0.4 is 0 Å². The van der Waals surface area contributed by atoms with Crippen molar-refractivity contribution in [2.75, 3.05) is 13.1 Å². The molecular weight excluding hydrogens is 233 g/mol. The van der Waals surface area contributed by atoms with E-state index in [9.17, 15) is 14.3 Å².